The first kappa shape index (κ1) is 13.9. The number of nitrogens with one attached hydrogen (secondary N) is 1. The Kier molecular flexibility index (Phi) is 5.91. The van der Waals surface area contributed by atoms with Crippen molar-refractivity contribution < 1.29 is 4.79 Å². The van der Waals surface area contributed by atoms with E-state index in [1.54, 1.807) is 12.1 Å². The van der Waals surface area contributed by atoms with E-state index in [0.717, 1.165) is 12.8 Å². The summed E-state index contributed by atoms with van der Waals surface area (Å²) in [6.07, 6.45) is 3.31. The minimum absolute atomic E-state index is 0.196. The molecular formula is C12H18ClN3O. The highest BCUT2D eigenvalue weighted by atomic mass is 35.5. The van der Waals surface area contributed by atoms with Crippen LogP contribution >= 0.6 is 11.6 Å². The monoisotopic (exact) mass is 255 g/mol. The van der Waals surface area contributed by atoms with Gasteiger partial charge in [0, 0.05) is 6.54 Å². The molecule has 0 fully saturated rings. The van der Waals surface area contributed by atoms with Crippen LogP contribution in [0.2, 0.25) is 5.15 Å². The molecule has 94 valence electrons. The fourth-order valence-corrected chi connectivity index (χ4v) is 1.51. The van der Waals surface area contributed by atoms with Crippen molar-refractivity contribution >= 4 is 17.5 Å². The molecule has 0 unspecified atom stereocenters. The molecule has 0 atom stereocenters. The first-order valence-corrected chi connectivity index (χ1v) is 6.25. The van der Waals surface area contributed by atoms with Crippen LogP contribution in [0.15, 0.2) is 12.1 Å². The molecule has 0 aliphatic carbocycles. The zero-order valence-corrected chi connectivity index (χ0v) is 11.0. The summed E-state index contributed by atoms with van der Waals surface area (Å²) in [4.78, 5) is 11.6. The van der Waals surface area contributed by atoms with E-state index in [-0.39, 0.29) is 5.91 Å². The minimum atomic E-state index is -0.196. The van der Waals surface area contributed by atoms with Gasteiger partial charge in [0.2, 0.25) is 0 Å². The number of rotatable bonds is 6. The van der Waals surface area contributed by atoms with Crippen LogP contribution in [-0.2, 0) is 0 Å². The second-order valence-corrected chi connectivity index (χ2v) is 4.77. The number of halogens is 1. The molecule has 0 saturated carbocycles. The van der Waals surface area contributed by atoms with E-state index in [9.17, 15) is 4.79 Å². The van der Waals surface area contributed by atoms with Gasteiger partial charge in [0.05, 0.1) is 0 Å². The lowest BCUT2D eigenvalue weighted by atomic mass is 10.1. The van der Waals surface area contributed by atoms with Gasteiger partial charge in [-0.3, -0.25) is 4.79 Å². The van der Waals surface area contributed by atoms with Gasteiger partial charge in [-0.05, 0) is 24.5 Å². The minimum Gasteiger partial charge on any atom is -0.351 e. The van der Waals surface area contributed by atoms with E-state index in [1.165, 1.54) is 6.42 Å². The SMILES string of the molecule is CC(C)CCCCNC(=O)c1ccc(Cl)nn1. The number of hydrogen-bond donors (Lipinski definition) is 1. The summed E-state index contributed by atoms with van der Waals surface area (Å²) in [5.74, 6) is 0.520. The Morgan fingerprint density at radius 1 is 1.35 bits per heavy atom. The lowest BCUT2D eigenvalue weighted by Crippen LogP contribution is -2.25. The highest BCUT2D eigenvalue weighted by Crippen LogP contribution is 2.05. The number of nitrogens with zero attached hydrogens (tertiary/aromatic N) is 2. The molecular weight excluding hydrogens is 238 g/mol. The fourth-order valence-electron chi connectivity index (χ4n) is 1.41. The highest BCUT2D eigenvalue weighted by Gasteiger charge is 2.06. The van der Waals surface area contributed by atoms with E-state index in [2.05, 4.69) is 29.4 Å². The van der Waals surface area contributed by atoms with Gasteiger partial charge in [-0.25, -0.2) is 0 Å². The topological polar surface area (TPSA) is 54.9 Å². The molecule has 0 bridgehead atoms. The molecule has 0 saturated heterocycles. The van der Waals surface area contributed by atoms with Crippen molar-refractivity contribution in [2.75, 3.05) is 6.54 Å². The number of hydrogen-bond acceptors (Lipinski definition) is 3. The Hall–Kier alpha value is -1.16. The molecule has 1 aromatic heterocycles. The Morgan fingerprint density at radius 3 is 2.71 bits per heavy atom. The molecule has 17 heavy (non-hydrogen) atoms. The molecule has 0 aliphatic heterocycles. The molecule has 1 rings (SSSR count). The maximum atomic E-state index is 11.6. The molecule has 1 amide bonds. The van der Waals surface area contributed by atoms with Crippen LogP contribution in [0.4, 0.5) is 0 Å². The van der Waals surface area contributed by atoms with E-state index < -0.39 is 0 Å². The first-order valence-electron chi connectivity index (χ1n) is 5.87. The van der Waals surface area contributed by atoms with Crippen LogP contribution < -0.4 is 5.32 Å². The normalized spacial score (nSPS) is 10.6. The second-order valence-electron chi connectivity index (χ2n) is 4.39. The van der Waals surface area contributed by atoms with E-state index in [1.807, 2.05) is 0 Å². The predicted molar refractivity (Wildman–Crippen MR) is 68.1 cm³/mol. The summed E-state index contributed by atoms with van der Waals surface area (Å²) < 4.78 is 0. The Labute approximate surface area is 107 Å². The third-order valence-corrected chi connectivity index (χ3v) is 2.56. The largest absolute Gasteiger partial charge is 0.351 e. The fraction of sp³-hybridized carbons (Fsp3) is 0.583. The molecule has 5 heteroatoms. The van der Waals surface area contributed by atoms with Crippen molar-refractivity contribution in [3.05, 3.63) is 23.0 Å². The zero-order valence-electron chi connectivity index (χ0n) is 10.2. The molecule has 0 spiro atoms. The van der Waals surface area contributed by atoms with Crippen molar-refractivity contribution in [1.29, 1.82) is 0 Å². The molecule has 0 radical (unpaired) electrons. The Morgan fingerprint density at radius 2 is 2.12 bits per heavy atom. The molecule has 0 aliphatic rings. The molecule has 1 heterocycles. The smallest absolute Gasteiger partial charge is 0.271 e. The van der Waals surface area contributed by atoms with Crippen molar-refractivity contribution in [2.45, 2.75) is 33.1 Å². The van der Waals surface area contributed by atoms with E-state index >= 15 is 0 Å². The summed E-state index contributed by atoms with van der Waals surface area (Å²) >= 11 is 5.59. The van der Waals surface area contributed by atoms with Crippen molar-refractivity contribution in [1.82, 2.24) is 15.5 Å². The first-order chi connectivity index (χ1) is 8.09. The van der Waals surface area contributed by atoms with Crippen LogP contribution in [0, 0.1) is 5.92 Å². The van der Waals surface area contributed by atoms with Gasteiger partial charge in [-0.2, -0.15) is 0 Å². The summed E-state index contributed by atoms with van der Waals surface area (Å²) in [6, 6.07) is 3.13. The summed E-state index contributed by atoms with van der Waals surface area (Å²) in [6.45, 7) is 5.07. The van der Waals surface area contributed by atoms with Crippen LogP contribution in [0.1, 0.15) is 43.6 Å². The summed E-state index contributed by atoms with van der Waals surface area (Å²) in [7, 11) is 0. The molecule has 1 N–H and O–H groups in total. The Bertz CT molecular complexity index is 351. The van der Waals surface area contributed by atoms with Crippen LogP contribution in [0.25, 0.3) is 0 Å². The zero-order chi connectivity index (χ0) is 12.7. The summed E-state index contributed by atoms with van der Waals surface area (Å²) in [5, 5.41) is 10.4. The third kappa shape index (κ3) is 5.63. The molecule has 0 aromatic carbocycles. The van der Waals surface area contributed by atoms with Crippen molar-refractivity contribution in [3.63, 3.8) is 0 Å². The van der Waals surface area contributed by atoms with E-state index in [0.29, 0.717) is 23.3 Å². The van der Waals surface area contributed by atoms with Gasteiger partial charge in [0.1, 0.15) is 0 Å². The maximum absolute atomic E-state index is 11.6. The third-order valence-electron chi connectivity index (χ3n) is 2.36. The van der Waals surface area contributed by atoms with Crippen molar-refractivity contribution in [2.24, 2.45) is 5.92 Å². The molecule has 1 aromatic rings. The predicted octanol–water partition coefficient (Wildman–Crippen LogP) is 2.69. The van der Waals surface area contributed by atoms with Gasteiger partial charge >= 0.3 is 0 Å². The number of carbonyl (C=O) groups excluding carboxylic acids is 1. The van der Waals surface area contributed by atoms with Crippen LogP contribution in [-0.4, -0.2) is 22.6 Å². The number of unbranched alkanes of at least 4 members (excludes halogenated alkanes) is 1. The van der Waals surface area contributed by atoms with Gasteiger partial charge in [-0.15, -0.1) is 10.2 Å². The van der Waals surface area contributed by atoms with Gasteiger partial charge in [0.15, 0.2) is 10.8 Å². The van der Waals surface area contributed by atoms with Gasteiger partial charge in [0.25, 0.3) is 5.91 Å². The standard InChI is InChI=1S/C12H18ClN3O/c1-9(2)5-3-4-8-14-12(17)10-6-7-11(13)16-15-10/h6-7,9H,3-5,8H2,1-2H3,(H,14,17). The van der Waals surface area contributed by atoms with Gasteiger partial charge in [-0.1, -0.05) is 38.3 Å². The van der Waals surface area contributed by atoms with Crippen LogP contribution in [0.3, 0.4) is 0 Å². The second kappa shape index (κ2) is 7.22. The quantitative estimate of drug-likeness (QED) is 0.795. The van der Waals surface area contributed by atoms with E-state index in [4.69, 9.17) is 11.6 Å². The average molecular weight is 256 g/mol. The lowest BCUT2D eigenvalue weighted by molar-refractivity contribution is 0.0947. The number of carbonyl (C=O) groups is 1. The van der Waals surface area contributed by atoms with Gasteiger partial charge < -0.3 is 5.32 Å². The maximum Gasteiger partial charge on any atom is 0.271 e. The average Bonchev–Trinajstić information content (AvgIpc) is 2.29. The summed E-state index contributed by atoms with van der Waals surface area (Å²) in [5.41, 5.74) is 0.304. The number of amides is 1. The number of aromatic nitrogens is 2. The highest BCUT2D eigenvalue weighted by molar-refractivity contribution is 6.29. The van der Waals surface area contributed by atoms with Crippen molar-refractivity contribution in [3.8, 4) is 0 Å². The Balaban J connectivity index is 2.23. The molecule has 4 nitrogen and oxygen atoms in total. The lowest BCUT2D eigenvalue weighted by Gasteiger charge is -2.05. The van der Waals surface area contributed by atoms with Crippen LogP contribution in [0.5, 0.6) is 0 Å².